The summed E-state index contributed by atoms with van der Waals surface area (Å²) in [7, 11) is 0. The van der Waals surface area contributed by atoms with Gasteiger partial charge in [-0.05, 0) is 35.4 Å². The summed E-state index contributed by atoms with van der Waals surface area (Å²) in [6.45, 7) is 0.422. The molecule has 1 unspecified atom stereocenters. The Bertz CT molecular complexity index is 1250. The van der Waals surface area contributed by atoms with Crippen molar-refractivity contribution in [3.8, 4) is 5.75 Å². The number of rotatable bonds is 10. The molecular weight excluding hydrogens is 454 g/mol. The lowest BCUT2D eigenvalue weighted by atomic mass is 10.1. The highest BCUT2D eigenvalue weighted by molar-refractivity contribution is 5.96. The molecule has 4 aromatic rings. The largest absolute Gasteiger partial charge is 0.487 e. The second kappa shape index (κ2) is 12.7. The van der Waals surface area contributed by atoms with Gasteiger partial charge in [-0.1, -0.05) is 72.8 Å². The summed E-state index contributed by atoms with van der Waals surface area (Å²) >= 11 is 0. The van der Waals surface area contributed by atoms with Gasteiger partial charge in [0.25, 0.3) is 0 Å². The van der Waals surface area contributed by atoms with Gasteiger partial charge in [-0.3, -0.25) is 9.78 Å². The van der Waals surface area contributed by atoms with Gasteiger partial charge in [0, 0.05) is 24.4 Å². The lowest BCUT2D eigenvalue weighted by molar-refractivity contribution is -0.118. The lowest BCUT2D eigenvalue weighted by Crippen LogP contribution is -2.45. The average Bonchev–Trinajstić information content (AvgIpc) is 2.92. The molecular formula is C29H27N3O4. The first-order chi connectivity index (χ1) is 17.7. The molecule has 0 fully saturated rings. The number of pyridine rings is 1. The van der Waals surface area contributed by atoms with Crippen LogP contribution in [0.5, 0.6) is 5.75 Å². The summed E-state index contributed by atoms with van der Waals surface area (Å²) in [5.74, 6) is 0.227. The number of carbonyl (C=O) groups is 2. The first-order valence-corrected chi connectivity index (χ1v) is 11.6. The Labute approximate surface area is 210 Å². The Balaban J connectivity index is 1.39. The predicted molar refractivity (Wildman–Crippen MR) is 137 cm³/mol. The number of nitrogens with one attached hydrogen (secondary N) is 2. The van der Waals surface area contributed by atoms with Gasteiger partial charge in [-0.15, -0.1) is 0 Å². The zero-order valence-electron chi connectivity index (χ0n) is 19.7. The number of hydrogen-bond acceptors (Lipinski definition) is 5. The van der Waals surface area contributed by atoms with Crippen molar-refractivity contribution in [3.05, 3.63) is 126 Å². The van der Waals surface area contributed by atoms with E-state index in [-0.39, 0.29) is 12.5 Å². The van der Waals surface area contributed by atoms with Crippen LogP contribution in [-0.4, -0.2) is 23.0 Å². The van der Waals surface area contributed by atoms with Crippen molar-refractivity contribution in [2.75, 3.05) is 5.32 Å². The highest BCUT2D eigenvalue weighted by Crippen LogP contribution is 2.19. The number of alkyl carbamates (subject to hydrolysis) is 1. The highest BCUT2D eigenvalue weighted by atomic mass is 16.5. The molecule has 36 heavy (non-hydrogen) atoms. The van der Waals surface area contributed by atoms with Crippen LogP contribution >= 0.6 is 0 Å². The summed E-state index contributed by atoms with van der Waals surface area (Å²) in [4.78, 5) is 29.9. The number of hydrogen-bond donors (Lipinski definition) is 2. The van der Waals surface area contributed by atoms with E-state index in [1.54, 1.807) is 30.5 Å². The highest BCUT2D eigenvalue weighted by Gasteiger charge is 2.22. The van der Waals surface area contributed by atoms with Gasteiger partial charge in [0.15, 0.2) is 0 Å². The number of carbonyl (C=O) groups excluding carboxylic acids is 2. The number of nitrogens with zero attached hydrogens (tertiary/aromatic N) is 1. The minimum Gasteiger partial charge on any atom is -0.487 e. The molecule has 1 heterocycles. The Morgan fingerprint density at radius 3 is 2.22 bits per heavy atom. The SMILES string of the molecule is O=C(NC(Cc1ccccc1)C(=O)Nc1cccc(OCc2ccccn2)c1)OCc1ccccc1. The van der Waals surface area contributed by atoms with Crippen LogP contribution in [0.25, 0.3) is 0 Å². The van der Waals surface area contributed by atoms with Crippen LogP contribution in [0.3, 0.4) is 0 Å². The summed E-state index contributed by atoms with van der Waals surface area (Å²) in [6, 6.07) is 30.7. The summed E-state index contributed by atoms with van der Waals surface area (Å²) in [5, 5.41) is 5.58. The molecule has 0 spiro atoms. The molecule has 0 bridgehead atoms. The van der Waals surface area contributed by atoms with Crippen molar-refractivity contribution < 1.29 is 19.1 Å². The van der Waals surface area contributed by atoms with Gasteiger partial charge in [0.1, 0.15) is 25.0 Å². The van der Waals surface area contributed by atoms with Gasteiger partial charge in [-0.25, -0.2) is 4.79 Å². The molecule has 0 radical (unpaired) electrons. The van der Waals surface area contributed by atoms with Gasteiger partial charge in [-0.2, -0.15) is 0 Å². The molecule has 2 N–H and O–H groups in total. The standard InChI is InChI=1S/C29H27N3O4/c33-28(31-24-15-9-16-26(19-24)35-21-25-14-7-8-17-30-25)27(18-22-10-3-1-4-11-22)32-29(34)36-20-23-12-5-2-6-13-23/h1-17,19,27H,18,20-21H2,(H,31,33)(H,32,34). The van der Waals surface area contributed by atoms with Crippen LogP contribution in [-0.2, 0) is 29.2 Å². The van der Waals surface area contributed by atoms with Crippen molar-refractivity contribution in [2.45, 2.75) is 25.7 Å². The average molecular weight is 482 g/mol. The Hall–Kier alpha value is -4.65. The number of aromatic nitrogens is 1. The summed E-state index contributed by atoms with van der Waals surface area (Å²) in [5.41, 5.74) is 3.12. The van der Waals surface area contributed by atoms with Crippen LogP contribution in [0.2, 0.25) is 0 Å². The molecule has 1 aromatic heterocycles. The lowest BCUT2D eigenvalue weighted by Gasteiger charge is -2.19. The molecule has 7 nitrogen and oxygen atoms in total. The first-order valence-electron chi connectivity index (χ1n) is 11.6. The summed E-state index contributed by atoms with van der Waals surface area (Å²) < 4.78 is 11.1. The summed E-state index contributed by atoms with van der Waals surface area (Å²) in [6.07, 6.45) is 1.35. The number of ether oxygens (including phenoxy) is 2. The van der Waals surface area contributed by atoms with Gasteiger partial charge in [0.2, 0.25) is 5.91 Å². The van der Waals surface area contributed by atoms with Gasteiger partial charge < -0.3 is 20.1 Å². The molecule has 182 valence electrons. The Kier molecular flexibility index (Phi) is 8.64. The van der Waals surface area contributed by atoms with Crippen LogP contribution in [0.1, 0.15) is 16.8 Å². The van der Waals surface area contributed by atoms with Crippen molar-refractivity contribution in [1.82, 2.24) is 10.3 Å². The van der Waals surface area contributed by atoms with E-state index in [1.165, 1.54) is 0 Å². The molecule has 4 rings (SSSR count). The number of benzene rings is 3. The fourth-order valence-corrected chi connectivity index (χ4v) is 3.50. The van der Waals surface area contributed by atoms with E-state index in [0.717, 1.165) is 16.8 Å². The van der Waals surface area contributed by atoms with Crippen LogP contribution in [0.4, 0.5) is 10.5 Å². The maximum absolute atomic E-state index is 13.2. The molecule has 2 amide bonds. The Morgan fingerprint density at radius 2 is 1.50 bits per heavy atom. The van der Waals surface area contributed by atoms with Crippen LogP contribution < -0.4 is 15.4 Å². The van der Waals surface area contributed by atoms with Crippen molar-refractivity contribution in [3.63, 3.8) is 0 Å². The maximum Gasteiger partial charge on any atom is 0.408 e. The normalized spacial score (nSPS) is 11.2. The third-order valence-corrected chi connectivity index (χ3v) is 5.32. The zero-order chi connectivity index (χ0) is 25.0. The second-order valence-corrected chi connectivity index (χ2v) is 8.08. The minimum absolute atomic E-state index is 0.113. The minimum atomic E-state index is -0.839. The maximum atomic E-state index is 13.2. The molecule has 0 saturated carbocycles. The zero-order valence-corrected chi connectivity index (χ0v) is 19.7. The van der Waals surface area contributed by atoms with Crippen molar-refractivity contribution in [1.29, 1.82) is 0 Å². The smallest absolute Gasteiger partial charge is 0.408 e. The van der Waals surface area contributed by atoms with E-state index in [9.17, 15) is 9.59 Å². The van der Waals surface area contributed by atoms with E-state index in [4.69, 9.17) is 9.47 Å². The third kappa shape index (κ3) is 7.70. The number of anilines is 1. The molecule has 7 heteroatoms. The second-order valence-electron chi connectivity index (χ2n) is 8.08. The van der Waals surface area contributed by atoms with Crippen molar-refractivity contribution >= 4 is 17.7 Å². The third-order valence-electron chi connectivity index (χ3n) is 5.32. The molecule has 0 aliphatic rings. The predicted octanol–water partition coefficient (Wildman–Crippen LogP) is 5.14. The first kappa shape index (κ1) is 24.5. The molecule has 0 aliphatic carbocycles. The molecule has 1 atom stereocenters. The van der Waals surface area contributed by atoms with Crippen LogP contribution in [0.15, 0.2) is 109 Å². The van der Waals surface area contributed by atoms with Gasteiger partial charge in [0.05, 0.1) is 5.69 Å². The number of amides is 2. The molecule has 3 aromatic carbocycles. The quantitative estimate of drug-likeness (QED) is 0.328. The monoisotopic (exact) mass is 481 g/mol. The van der Waals surface area contributed by atoms with Crippen LogP contribution in [0, 0.1) is 0 Å². The van der Waals surface area contributed by atoms with Crippen molar-refractivity contribution in [2.24, 2.45) is 0 Å². The molecule has 0 saturated heterocycles. The van der Waals surface area contributed by atoms with E-state index in [2.05, 4.69) is 15.6 Å². The topological polar surface area (TPSA) is 89.6 Å². The van der Waals surface area contributed by atoms with Gasteiger partial charge >= 0.3 is 6.09 Å². The van der Waals surface area contributed by atoms with E-state index in [1.807, 2.05) is 78.9 Å². The van der Waals surface area contributed by atoms with E-state index in [0.29, 0.717) is 24.5 Å². The fraction of sp³-hybridized carbons (Fsp3) is 0.138. The van der Waals surface area contributed by atoms with E-state index >= 15 is 0 Å². The Morgan fingerprint density at radius 1 is 0.778 bits per heavy atom. The molecule has 0 aliphatic heterocycles. The fourth-order valence-electron chi connectivity index (χ4n) is 3.50. The van der Waals surface area contributed by atoms with E-state index < -0.39 is 12.1 Å².